The average Bonchev–Trinajstić information content (AvgIpc) is 3.26. The Labute approximate surface area is 171 Å². The van der Waals surface area contributed by atoms with E-state index in [1.807, 2.05) is 32.0 Å². The second-order valence-corrected chi connectivity index (χ2v) is 6.91. The highest BCUT2D eigenvalue weighted by Crippen LogP contribution is 2.35. The molecule has 0 spiro atoms. The van der Waals surface area contributed by atoms with Crippen LogP contribution in [-0.2, 0) is 6.54 Å². The minimum atomic E-state index is -0.248. The second kappa shape index (κ2) is 7.29. The molecular weight excluding hydrogens is 394 g/mol. The Morgan fingerprint density at radius 2 is 1.93 bits per heavy atom. The first kappa shape index (κ1) is 19.1. The lowest BCUT2D eigenvalue weighted by Gasteiger charge is -2.09. The third kappa shape index (κ3) is 3.15. The number of aromatic amines is 1. The number of hydrogen-bond donors (Lipinski definition) is 1. The smallest absolute Gasteiger partial charge is 0.273 e. The quantitative estimate of drug-likeness (QED) is 0.540. The molecule has 0 unspecified atom stereocenters. The van der Waals surface area contributed by atoms with Gasteiger partial charge in [0.05, 0.1) is 19.2 Å². The number of halogens is 1. The zero-order valence-corrected chi connectivity index (χ0v) is 17.2. The third-order valence-corrected chi connectivity index (χ3v) is 5.03. The monoisotopic (exact) mass is 413 g/mol. The molecule has 0 aliphatic rings. The summed E-state index contributed by atoms with van der Waals surface area (Å²) in [5, 5.41) is 7.96. The number of aryl methyl sites for hydroxylation is 2. The Morgan fingerprint density at radius 1 is 1.17 bits per heavy atom. The molecule has 4 aromatic rings. The predicted molar refractivity (Wildman–Crippen MR) is 111 cm³/mol. The maximum absolute atomic E-state index is 12.8. The summed E-state index contributed by atoms with van der Waals surface area (Å²) in [5.41, 5.74) is 3.56. The van der Waals surface area contributed by atoms with Crippen LogP contribution in [0.3, 0.4) is 0 Å². The van der Waals surface area contributed by atoms with E-state index in [-0.39, 0.29) is 5.56 Å². The number of methoxy groups -OCH3 is 2. The Hall–Kier alpha value is -3.26. The highest BCUT2D eigenvalue weighted by Gasteiger charge is 2.19. The summed E-state index contributed by atoms with van der Waals surface area (Å²) in [6, 6.07) is 7.00. The van der Waals surface area contributed by atoms with Gasteiger partial charge in [-0.2, -0.15) is 5.10 Å². The van der Waals surface area contributed by atoms with Crippen molar-refractivity contribution in [3.8, 4) is 34.0 Å². The molecule has 0 fully saturated rings. The van der Waals surface area contributed by atoms with Crippen LogP contribution in [0.5, 0.6) is 11.5 Å². The number of hydrogen-bond acceptors (Lipinski definition) is 5. The molecule has 4 rings (SSSR count). The van der Waals surface area contributed by atoms with Gasteiger partial charge in [0.15, 0.2) is 17.1 Å². The van der Waals surface area contributed by atoms with Crippen LogP contribution in [0.2, 0.25) is 5.02 Å². The van der Waals surface area contributed by atoms with Crippen molar-refractivity contribution in [1.82, 2.24) is 24.4 Å². The Bertz CT molecular complexity index is 1270. The SMILES string of the molecule is CCn1cc(Cl)c(-c2cc(=O)n3[nH]c(C)c(-c4ccc(OC)c(OC)c4)c3n2)n1. The van der Waals surface area contributed by atoms with Crippen LogP contribution in [0.15, 0.2) is 35.3 Å². The fraction of sp³-hybridized carbons (Fsp3) is 0.250. The van der Waals surface area contributed by atoms with Gasteiger partial charge in [0.1, 0.15) is 11.4 Å². The first-order valence-electron chi connectivity index (χ1n) is 9.05. The normalized spacial score (nSPS) is 11.2. The molecule has 3 heterocycles. The number of nitrogens with one attached hydrogen (secondary N) is 1. The topological polar surface area (TPSA) is 86.4 Å². The number of H-pyrrole nitrogens is 1. The third-order valence-electron chi connectivity index (χ3n) is 4.75. The van der Waals surface area contributed by atoms with Crippen molar-refractivity contribution in [1.29, 1.82) is 0 Å². The van der Waals surface area contributed by atoms with Crippen molar-refractivity contribution in [3.63, 3.8) is 0 Å². The van der Waals surface area contributed by atoms with E-state index in [1.165, 1.54) is 10.6 Å². The summed E-state index contributed by atoms with van der Waals surface area (Å²) in [6.07, 6.45) is 1.72. The van der Waals surface area contributed by atoms with Gasteiger partial charge in [-0.3, -0.25) is 14.6 Å². The van der Waals surface area contributed by atoms with Gasteiger partial charge in [0.25, 0.3) is 5.56 Å². The summed E-state index contributed by atoms with van der Waals surface area (Å²) in [4.78, 5) is 17.5. The molecular formula is C20H20ClN5O3. The standard InChI is InChI=1S/C20H20ClN5O3/c1-5-25-10-13(21)19(24-25)14-9-17(27)26-20(22-14)18(11(2)23-26)12-6-7-15(28-3)16(8-12)29-4/h6-10,23H,5H2,1-4H3. The molecule has 0 radical (unpaired) electrons. The fourth-order valence-electron chi connectivity index (χ4n) is 3.34. The number of fused-ring (bicyclic) bond motifs is 1. The summed E-state index contributed by atoms with van der Waals surface area (Å²) >= 11 is 6.33. The summed E-state index contributed by atoms with van der Waals surface area (Å²) < 4.78 is 13.9. The maximum atomic E-state index is 12.8. The number of benzene rings is 1. The molecule has 3 aromatic heterocycles. The van der Waals surface area contributed by atoms with Crippen LogP contribution in [-0.4, -0.2) is 38.6 Å². The van der Waals surface area contributed by atoms with E-state index in [4.69, 9.17) is 26.1 Å². The van der Waals surface area contributed by atoms with Crippen molar-refractivity contribution >= 4 is 17.2 Å². The van der Waals surface area contributed by atoms with Crippen LogP contribution in [0.4, 0.5) is 0 Å². The van der Waals surface area contributed by atoms with Crippen LogP contribution in [0, 0.1) is 6.92 Å². The molecule has 0 saturated heterocycles. The summed E-state index contributed by atoms with van der Waals surface area (Å²) in [7, 11) is 3.16. The Balaban J connectivity index is 1.96. The van der Waals surface area contributed by atoms with Crippen molar-refractivity contribution in [2.45, 2.75) is 20.4 Å². The Morgan fingerprint density at radius 3 is 2.59 bits per heavy atom. The van der Waals surface area contributed by atoms with Crippen LogP contribution >= 0.6 is 11.6 Å². The molecule has 1 N–H and O–H groups in total. The molecule has 0 aliphatic carbocycles. The van der Waals surface area contributed by atoms with E-state index in [9.17, 15) is 4.79 Å². The van der Waals surface area contributed by atoms with Gasteiger partial charge >= 0.3 is 0 Å². The number of nitrogens with zero attached hydrogens (tertiary/aromatic N) is 4. The molecule has 8 nitrogen and oxygen atoms in total. The summed E-state index contributed by atoms with van der Waals surface area (Å²) in [6.45, 7) is 4.52. The zero-order chi connectivity index (χ0) is 20.7. The van der Waals surface area contributed by atoms with E-state index < -0.39 is 0 Å². The predicted octanol–water partition coefficient (Wildman–Crippen LogP) is 3.55. The van der Waals surface area contributed by atoms with Gasteiger partial charge in [-0.05, 0) is 31.5 Å². The van der Waals surface area contributed by atoms with Gasteiger partial charge < -0.3 is 9.47 Å². The molecule has 29 heavy (non-hydrogen) atoms. The van der Waals surface area contributed by atoms with Crippen molar-refractivity contribution in [2.75, 3.05) is 14.2 Å². The highest BCUT2D eigenvalue weighted by atomic mass is 35.5. The van der Waals surface area contributed by atoms with Crippen molar-refractivity contribution in [3.05, 3.63) is 51.5 Å². The second-order valence-electron chi connectivity index (χ2n) is 6.50. The molecule has 0 bridgehead atoms. The van der Waals surface area contributed by atoms with E-state index >= 15 is 0 Å². The van der Waals surface area contributed by atoms with E-state index in [2.05, 4.69) is 10.2 Å². The molecule has 0 saturated carbocycles. The first-order chi connectivity index (χ1) is 14.0. The van der Waals surface area contributed by atoms with Gasteiger partial charge in [-0.15, -0.1) is 0 Å². The number of aromatic nitrogens is 5. The van der Waals surface area contributed by atoms with Crippen LogP contribution in [0.25, 0.3) is 28.2 Å². The molecule has 1 aromatic carbocycles. The van der Waals surface area contributed by atoms with Gasteiger partial charge in [-0.1, -0.05) is 17.7 Å². The van der Waals surface area contributed by atoms with Crippen LogP contribution in [0.1, 0.15) is 12.6 Å². The van der Waals surface area contributed by atoms with Crippen molar-refractivity contribution < 1.29 is 9.47 Å². The minimum Gasteiger partial charge on any atom is -0.493 e. The Kier molecular flexibility index (Phi) is 4.79. The van der Waals surface area contributed by atoms with E-state index in [1.54, 1.807) is 25.1 Å². The maximum Gasteiger partial charge on any atom is 0.273 e. The molecule has 0 aliphatic heterocycles. The lowest BCUT2D eigenvalue weighted by Crippen LogP contribution is -2.14. The summed E-state index contributed by atoms with van der Waals surface area (Å²) in [5.74, 6) is 1.21. The number of ether oxygens (including phenoxy) is 2. The average molecular weight is 414 g/mol. The lowest BCUT2D eigenvalue weighted by atomic mass is 10.1. The molecule has 0 amide bonds. The minimum absolute atomic E-state index is 0.248. The fourth-order valence-corrected chi connectivity index (χ4v) is 3.59. The number of rotatable bonds is 5. The first-order valence-corrected chi connectivity index (χ1v) is 9.42. The molecule has 0 atom stereocenters. The van der Waals surface area contributed by atoms with Gasteiger partial charge in [0, 0.05) is 30.1 Å². The molecule has 150 valence electrons. The van der Waals surface area contributed by atoms with Gasteiger partial charge in [-0.25, -0.2) is 9.50 Å². The molecule has 9 heteroatoms. The largest absolute Gasteiger partial charge is 0.493 e. The van der Waals surface area contributed by atoms with Gasteiger partial charge in [0.2, 0.25) is 0 Å². The highest BCUT2D eigenvalue weighted by molar-refractivity contribution is 6.32. The van der Waals surface area contributed by atoms with E-state index in [0.29, 0.717) is 40.1 Å². The van der Waals surface area contributed by atoms with E-state index in [0.717, 1.165) is 16.8 Å². The van der Waals surface area contributed by atoms with Crippen LogP contribution < -0.4 is 15.0 Å². The van der Waals surface area contributed by atoms with Crippen molar-refractivity contribution in [2.24, 2.45) is 0 Å². The zero-order valence-electron chi connectivity index (χ0n) is 16.5. The lowest BCUT2D eigenvalue weighted by molar-refractivity contribution is 0.355.